The van der Waals surface area contributed by atoms with Gasteiger partial charge >= 0.3 is 0 Å². The highest BCUT2D eigenvalue weighted by Crippen LogP contribution is 2.20. The lowest BCUT2D eigenvalue weighted by Gasteiger charge is -2.09. The van der Waals surface area contributed by atoms with Gasteiger partial charge in [-0.25, -0.2) is 0 Å². The summed E-state index contributed by atoms with van der Waals surface area (Å²) in [5, 5.41) is 14.2. The van der Waals surface area contributed by atoms with E-state index in [1.807, 2.05) is 25.3 Å². The monoisotopic (exact) mass is 271 g/mol. The van der Waals surface area contributed by atoms with Crippen LogP contribution in [0, 0.1) is 24.0 Å². The first-order valence-electron chi connectivity index (χ1n) is 6.42. The van der Waals surface area contributed by atoms with Gasteiger partial charge in [0.2, 0.25) is 0 Å². The minimum Gasteiger partial charge on any atom is -0.309 e. The molecule has 0 saturated heterocycles. The summed E-state index contributed by atoms with van der Waals surface area (Å²) in [7, 11) is 0. The number of aromatic nitrogens is 1. The number of rotatable bonds is 5. The number of nitrogens with zero attached hydrogens (tertiary/aromatic N) is 2. The fourth-order valence-corrected chi connectivity index (χ4v) is 2.07. The summed E-state index contributed by atoms with van der Waals surface area (Å²) in [6, 6.07) is 7.13. The molecule has 0 spiro atoms. The van der Waals surface area contributed by atoms with E-state index in [1.165, 1.54) is 11.6 Å². The minimum absolute atomic E-state index is 0.168. The third kappa shape index (κ3) is 3.19. The lowest BCUT2D eigenvalue weighted by molar-refractivity contribution is -0.385. The fourth-order valence-electron chi connectivity index (χ4n) is 2.07. The van der Waals surface area contributed by atoms with Crippen LogP contribution >= 0.6 is 0 Å². The van der Waals surface area contributed by atoms with Crippen molar-refractivity contribution in [2.24, 2.45) is 0 Å². The Morgan fingerprint density at radius 2 is 1.95 bits per heavy atom. The van der Waals surface area contributed by atoms with Crippen LogP contribution < -0.4 is 5.32 Å². The molecule has 5 nitrogen and oxygen atoms in total. The van der Waals surface area contributed by atoms with Gasteiger partial charge in [-0.2, -0.15) is 0 Å². The molecule has 1 aromatic heterocycles. The van der Waals surface area contributed by atoms with E-state index in [4.69, 9.17) is 0 Å². The summed E-state index contributed by atoms with van der Waals surface area (Å²) in [5.41, 5.74) is 4.15. The third-order valence-corrected chi connectivity index (χ3v) is 3.39. The zero-order chi connectivity index (χ0) is 14.5. The summed E-state index contributed by atoms with van der Waals surface area (Å²) in [5.74, 6) is 0. The molecule has 0 aliphatic heterocycles. The topological polar surface area (TPSA) is 68.1 Å². The molecule has 1 heterocycles. The quantitative estimate of drug-likeness (QED) is 0.670. The fraction of sp³-hybridized carbons (Fsp3) is 0.267. The van der Waals surface area contributed by atoms with E-state index in [-0.39, 0.29) is 10.6 Å². The van der Waals surface area contributed by atoms with Crippen molar-refractivity contribution in [3.8, 4) is 0 Å². The van der Waals surface area contributed by atoms with Crippen LogP contribution in [0.15, 0.2) is 36.7 Å². The second kappa shape index (κ2) is 6.25. The van der Waals surface area contributed by atoms with Crippen LogP contribution in [-0.4, -0.2) is 9.91 Å². The molecule has 5 heteroatoms. The molecule has 0 saturated carbocycles. The van der Waals surface area contributed by atoms with Gasteiger partial charge in [0, 0.05) is 37.1 Å². The van der Waals surface area contributed by atoms with Crippen molar-refractivity contribution < 1.29 is 4.92 Å². The Morgan fingerprint density at radius 3 is 2.65 bits per heavy atom. The van der Waals surface area contributed by atoms with E-state index >= 15 is 0 Å². The Kier molecular flexibility index (Phi) is 4.42. The molecular formula is C15H17N3O2. The predicted molar refractivity (Wildman–Crippen MR) is 77.4 cm³/mol. The maximum Gasteiger partial charge on any atom is 0.272 e. The summed E-state index contributed by atoms with van der Waals surface area (Å²) in [4.78, 5) is 14.6. The van der Waals surface area contributed by atoms with Gasteiger partial charge in [0.1, 0.15) is 0 Å². The molecule has 104 valence electrons. The van der Waals surface area contributed by atoms with E-state index < -0.39 is 0 Å². The summed E-state index contributed by atoms with van der Waals surface area (Å²) >= 11 is 0. The van der Waals surface area contributed by atoms with E-state index in [1.54, 1.807) is 19.2 Å². The van der Waals surface area contributed by atoms with Crippen LogP contribution in [0.2, 0.25) is 0 Å². The third-order valence-electron chi connectivity index (χ3n) is 3.39. The molecule has 0 amide bonds. The number of nitro groups is 1. The molecule has 1 N–H and O–H groups in total. The largest absolute Gasteiger partial charge is 0.309 e. The number of nitro benzene ring substituents is 1. The Labute approximate surface area is 117 Å². The molecule has 0 aliphatic rings. The number of hydrogen-bond acceptors (Lipinski definition) is 4. The molecule has 0 radical (unpaired) electrons. The molecule has 20 heavy (non-hydrogen) atoms. The van der Waals surface area contributed by atoms with Gasteiger partial charge in [0.15, 0.2) is 0 Å². The van der Waals surface area contributed by atoms with Gasteiger partial charge in [-0.3, -0.25) is 15.1 Å². The molecule has 0 bridgehead atoms. The van der Waals surface area contributed by atoms with Gasteiger partial charge in [-0.1, -0.05) is 12.1 Å². The minimum atomic E-state index is -0.343. The number of hydrogen-bond donors (Lipinski definition) is 1. The SMILES string of the molecule is Cc1ccncc1CNCc1cccc([N+](=O)[O-])c1C. The highest BCUT2D eigenvalue weighted by Gasteiger charge is 2.12. The normalized spacial score (nSPS) is 10.5. The van der Waals surface area contributed by atoms with Gasteiger partial charge < -0.3 is 5.32 Å². The van der Waals surface area contributed by atoms with Crippen LogP contribution in [0.1, 0.15) is 22.3 Å². The lowest BCUT2D eigenvalue weighted by atomic mass is 10.1. The maximum absolute atomic E-state index is 10.9. The molecule has 2 rings (SSSR count). The first kappa shape index (κ1) is 14.1. The lowest BCUT2D eigenvalue weighted by Crippen LogP contribution is -2.14. The van der Waals surface area contributed by atoms with Crippen molar-refractivity contribution in [3.05, 3.63) is 69.0 Å². The predicted octanol–water partition coefficient (Wildman–Crippen LogP) is 2.90. The van der Waals surface area contributed by atoms with Gasteiger partial charge in [0.05, 0.1) is 4.92 Å². The van der Waals surface area contributed by atoms with Gasteiger partial charge in [-0.15, -0.1) is 0 Å². The van der Waals surface area contributed by atoms with Crippen molar-refractivity contribution in [1.82, 2.24) is 10.3 Å². The van der Waals surface area contributed by atoms with Crippen LogP contribution in [-0.2, 0) is 13.1 Å². The van der Waals surface area contributed by atoms with Crippen molar-refractivity contribution in [2.75, 3.05) is 0 Å². The first-order chi connectivity index (χ1) is 9.59. The highest BCUT2D eigenvalue weighted by molar-refractivity contribution is 5.44. The van der Waals surface area contributed by atoms with Crippen molar-refractivity contribution in [3.63, 3.8) is 0 Å². The van der Waals surface area contributed by atoms with Crippen molar-refractivity contribution >= 4 is 5.69 Å². The van der Waals surface area contributed by atoms with E-state index in [0.29, 0.717) is 18.7 Å². The summed E-state index contributed by atoms with van der Waals surface area (Å²) in [6.45, 7) is 5.12. The number of benzene rings is 1. The average Bonchev–Trinajstić information content (AvgIpc) is 2.42. The highest BCUT2D eigenvalue weighted by atomic mass is 16.6. The number of nitrogens with one attached hydrogen (secondary N) is 1. The van der Waals surface area contributed by atoms with E-state index in [2.05, 4.69) is 10.3 Å². The molecule has 0 aliphatic carbocycles. The number of pyridine rings is 1. The zero-order valence-corrected chi connectivity index (χ0v) is 11.6. The zero-order valence-electron chi connectivity index (χ0n) is 11.6. The van der Waals surface area contributed by atoms with E-state index in [9.17, 15) is 10.1 Å². The Morgan fingerprint density at radius 1 is 1.20 bits per heavy atom. The molecule has 0 fully saturated rings. The van der Waals surface area contributed by atoms with Crippen LogP contribution in [0.5, 0.6) is 0 Å². The maximum atomic E-state index is 10.9. The Hall–Kier alpha value is -2.27. The number of aryl methyl sites for hydroxylation is 1. The Balaban J connectivity index is 2.03. The molecular weight excluding hydrogens is 254 g/mol. The average molecular weight is 271 g/mol. The second-order valence-electron chi connectivity index (χ2n) is 4.72. The van der Waals surface area contributed by atoms with Crippen LogP contribution in [0.4, 0.5) is 5.69 Å². The van der Waals surface area contributed by atoms with Crippen LogP contribution in [0.3, 0.4) is 0 Å². The molecule has 0 unspecified atom stereocenters. The summed E-state index contributed by atoms with van der Waals surface area (Å²) in [6.07, 6.45) is 3.60. The van der Waals surface area contributed by atoms with Crippen molar-refractivity contribution in [2.45, 2.75) is 26.9 Å². The Bertz CT molecular complexity index is 626. The first-order valence-corrected chi connectivity index (χ1v) is 6.42. The van der Waals surface area contributed by atoms with Crippen molar-refractivity contribution in [1.29, 1.82) is 0 Å². The van der Waals surface area contributed by atoms with Crippen LogP contribution in [0.25, 0.3) is 0 Å². The van der Waals surface area contributed by atoms with E-state index in [0.717, 1.165) is 11.1 Å². The van der Waals surface area contributed by atoms with Gasteiger partial charge in [-0.05, 0) is 36.6 Å². The smallest absolute Gasteiger partial charge is 0.272 e. The molecule has 0 atom stereocenters. The molecule has 2 aromatic rings. The second-order valence-corrected chi connectivity index (χ2v) is 4.72. The van der Waals surface area contributed by atoms with Gasteiger partial charge in [0.25, 0.3) is 5.69 Å². The summed E-state index contributed by atoms with van der Waals surface area (Å²) < 4.78 is 0. The molecule has 1 aromatic carbocycles. The standard InChI is InChI=1S/C15H17N3O2/c1-11-6-7-16-9-14(11)10-17-8-13-4-3-5-15(12(13)2)18(19)20/h3-7,9,17H,8,10H2,1-2H3.